The van der Waals surface area contributed by atoms with E-state index in [9.17, 15) is 13.2 Å². The van der Waals surface area contributed by atoms with Gasteiger partial charge in [0.25, 0.3) is 0 Å². The lowest BCUT2D eigenvalue weighted by molar-refractivity contribution is -0.140. The second kappa shape index (κ2) is 6.37. The van der Waals surface area contributed by atoms with Gasteiger partial charge in [-0.3, -0.25) is 4.79 Å². The van der Waals surface area contributed by atoms with Crippen LogP contribution in [0.3, 0.4) is 0 Å². The van der Waals surface area contributed by atoms with E-state index < -0.39 is 15.6 Å². The zero-order valence-electron chi connectivity index (χ0n) is 12.3. The van der Waals surface area contributed by atoms with Gasteiger partial charge in [0.1, 0.15) is 0 Å². The van der Waals surface area contributed by atoms with Crippen molar-refractivity contribution in [2.75, 3.05) is 6.61 Å². The minimum atomic E-state index is -3.59. The van der Waals surface area contributed by atoms with Gasteiger partial charge < -0.3 is 4.74 Å². The lowest BCUT2D eigenvalue weighted by Gasteiger charge is -2.21. The number of carbonyl (C=O) groups excluding carboxylic acids is 1. The molecule has 0 bridgehead atoms. The summed E-state index contributed by atoms with van der Waals surface area (Å²) in [6.07, 6.45) is 0.362. The summed E-state index contributed by atoms with van der Waals surface area (Å²) in [6, 6.07) is 6.71. The Labute approximate surface area is 120 Å². The first-order chi connectivity index (χ1) is 9.12. The molecule has 0 aliphatic rings. The number of sulfonamides is 1. The zero-order chi connectivity index (χ0) is 15.4. The van der Waals surface area contributed by atoms with Crippen LogP contribution >= 0.6 is 0 Å². The topological polar surface area (TPSA) is 72.5 Å². The molecular weight excluding hydrogens is 278 g/mol. The Balaban J connectivity index is 2.98. The fourth-order valence-corrected chi connectivity index (χ4v) is 3.42. The fourth-order valence-electron chi connectivity index (χ4n) is 1.74. The Bertz CT molecular complexity index is 573. The highest BCUT2D eigenvalue weighted by Gasteiger charge is 2.24. The molecule has 0 saturated heterocycles. The summed E-state index contributed by atoms with van der Waals surface area (Å²) < 4.78 is 32.2. The van der Waals surface area contributed by atoms with E-state index in [2.05, 4.69) is 4.72 Å². The maximum Gasteiger partial charge on any atom is 0.302 e. The molecule has 112 valence electrons. The van der Waals surface area contributed by atoms with Crippen LogP contribution in [0.5, 0.6) is 0 Å². The van der Waals surface area contributed by atoms with Crippen LogP contribution in [0.4, 0.5) is 0 Å². The van der Waals surface area contributed by atoms with E-state index in [-0.39, 0.29) is 17.5 Å². The van der Waals surface area contributed by atoms with Crippen molar-refractivity contribution in [2.24, 2.45) is 0 Å². The predicted molar refractivity (Wildman–Crippen MR) is 76.9 cm³/mol. The molecule has 0 unspecified atom stereocenters. The van der Waals surface area contributed by atoms with Crippen molar-refractivity contribution in [3.05, 3.63) is 29.8 Å². The molecule has 0 fully saturated rings. The highest BCUT2D eigenvalue weighted by atomic mass is 32.2. The Morgan fingerprint density at radius 1 is 1.25 bits per heavy atom. The Hall–Kier alpha value is -1.40. The number of hydrogen-bond donors (Lipinski definition) is 1. The van der Waals surface area contributed by atoms with Gasteiger partial charge in [-0.2, -0.15) is 0 Å². The molecule has 1 aromatic carbocycles. The number of carbonyl (C=O) groups is 1. The number of hydrogen-bond acceptors (Lipinski definition) is 4. The second-order valence-corrected chi connectivity index (χ2v) is 7.20. The molecule has 0 spiro atoms. The first-order valence-corrected chi connectivity index (χ1v) is 7.85. The van der Waals surface area contributed by atoms with Crippen molar-refractivity contribution in [3.63, 3.8) is 0 Å². The molecule has 0 aromatic heterocycles. The summed E-state index contributed by atoms with van der Waals surface area (Å²) in [7, 11) is -3.59. The van der Waals surface area contributed by atoms with Crippen LogP contribution in [0.25, 0.3) is 0 Å². The molecule has 6 heteroatoms. The van der Waals surface area contributed by atoms with Gasteiger partial charge in [0.2, 0.25) is 10.0 Å². The van der Waals surface area contributed by atoms with Crippen LogP contribution in [0.2, 0.25) is 0 Å². The molecule has 1 aromatic rings. The van der Waals surface area contributed by atoms with E-state index in [1.807, 2.05) is 0 Å². The fraction of sp³-hybridized carbons (Fsp3) is 0.500. The van der Waals surface area contributed by atoms with Gasteiger partial charge in [-0.1, -0.05) is 18.2 Å². The van der Waals surface area contributed by atoms with Gasteiger partial charge in [0.15, 0.2) is 0 Å². The van der Waals surface area contributed by atoms with E-state index >= 15 is 0 Å². The third kappa shape index (κ3) is 5.30. The Morgan fingerprint density at radius 2 is 1.85 bits per heavy atom. The number of benzene rings is 1. The summed E-state index contributed by atoms with van der Waals surface area (Å²) >= 11 is 0. The van der Waals surface area contributed by atoms with E-state index in [0.717, 1.165) is 0 Å². The lowest BCUT2D eigenvalue weighted by Crippen LogP contribution is -2.40. The Kier molecular flexibility index (Phi) is 5.30. The molecule has 5 nitrogen and oxygen atoms in total. The molecule has 0 aliphatic heterocycles. The number of esters is 1. The zero-order valence-corrected chi connectivity index (χ0v) is 13.1. The summed E-state index contributed by atoms with van der Waals surface area (Å²) in [6.45, 7) is 6.84. The van der Waals surface area contributed by atoms with Crippen LogP contribution in [-0.2, 0) is 26.0 Å². The van der Waals surface area contributed by atoms with Gasteiger partial charge >= 0.3 is 5.97 Å². The number of ether oxygens (including phenoxy) is 1. The molecular formula is C14H21NO4S. The van der Waals surface area contributed by atoms with Crippen LogP contribution in [0, 0.1) is 0 Å². The molecule has 0 saturated carbocycles. The average Bonchev–Trinajstić information content (AvgIpc) is 2.25. The van der Waals surface area contributed by atoms with Crippen LogP contribution < -0.4 is 4.72 Å². The average molecular weight is 299 g/mol. The standard InChI is InChI=1S/C14H21NO4S/c1-11(16)19-10-9-12-7-5-6-8-13(12)20(17,18)15-14(2,3)4/h5-8,15H,9-10H2,1-4H3. The molecule has 0 aliphatic carbocycles. The van der Waals surface area contributed by atoms with E-state index in [4.69, 9.17) is 4.74 Å². The maximum absolute atomic E-state index is 12.3. The highest BCUT2D eigenvalue weighted by molar-refractivity contribution is 7.89. The van der Waals surface area contributed by atoms with Gasteiger partial charge in [0.05, 0.1) is 11.5 Å². The largest absolute Gasteiger partial charge is 0.466 e. The second-order valence-electron chi connectivity index (χ2n) is 5.55. The van der Waals surface area contributed by atoms with Crippen LogP contribution in [0.1, 0.15) is 33.3 Å². The quantitative estimate of drug-likeness (QED) is 0.842. The predicted octanol–water partition coefficient (Wildman–Crippen LogP) is 1.87. The van der Waals surface area contributed by atoms with Gasteiger partial charge in [-0.15, -0.1) is 0 Å². The van der Waals surface area contributed by atoms with Crippen molar-refractivity contribution >= 4 is 16.0 Å². The van der Waals surface area contributed by atoms with Crippen molar-refractivity contribution in [3.8, 4) is 0 Å². The lowest BCUT2D eigenvalue weighted by atomic mass is 10.1. The summed E-state index contributed by atoms with van der Waals surface area (Å²) in [4.78, 5) is 11.0. The first kappa shape index (κ1) is 16.7. The highest BCUT2D eigenvalue weighted by Crippen LogP contribution is 2.18. The summed E-state index contributed by atoms with van der Waals surface area (Å²) in [5.41, 5.74) is 0.0764. The van der Waals surface area contributed by atoms with Gasteiger partial charge in [-0.05, 0) is 32.4 Å². The van der Waals surface area contributed by atoms with Crippen molar-refractivity contribution in [2.45, 2.75) is 44.6 Å². The van der Waals surface area contributed by atoms with Crippen LogP contribution in [-0.4, -0.2) is 26.5 Å². The molecule has 0 heterocycles. The summed E-state index contributed by atoms with van der Waals surface area (Å²) in [5, 5.41) is 0. The minimum Gasteiger partial charge on any atom is -0.466 e. The molecule has 0 radical (unpaired) electrons. The van der Waals surface area contributed by atoms with E-state index in [1.54, 1.807) is 45.0 Å². The molecule has 1 N–H and O–H groups in total. The van der Waals surface area contributed by atoms with Crippen LogP contribution in [0.15, 0.2) is 29.2 Å². The SMILES string of the molecule is CC(=O)OCCc1ccccc1S(=O)(=O)NC(C)(C)C. The maximum atomic E-state index is 12.3. The molecule has 1 rings (SSSR count). The van der Waals surface area contributed by atoms with Crippen molar-refractivity contribution < 1.29 is 17.9 Å². The minimum absolute atomic E-state index is 0.164. The van der Waals surface area contributed by atoms with Crippen molar-refractivity contribution in [1.82, 2.24) is 4.72 Å². The monoisotopic (exact) mass is 299 g/mol. The van der Waals surface area contributed by atoms with Crippen molar-refractivity contribution in [1.29, 1.82) is 0 Å². The first-order valence-electron chi connectivity index (χ1n) is 6.37. The Morgan fingerprint density at radius 3 is 2.40 bits per heavy atom. The van der Waals surface area contributed by atoms with Gasteiger partial charge in [0, 0.05) is 18.9 Å². The van der Waals surface area contributed by atoms with Gasteiger partial charge in [-0.25, -0.2) is 13.1 Å². The molecule has 0 atom stereocenters. The third-order valence-electron chi connectivity index (χ3n) is 2.38. The molecule has 0 amide bonds. The molecule has 20 heavy (non-hydrogen) atoms. The van der Waals surface area contributed by atoms with E-state index in [1.165, 1.54) is 6.92 Å². The number of rotatable bonds is 5. The summed E-state index contributed by atoms with van der Waals surface area (Å²) in [5.74, 6) is -0.377. The third-order valence-corrected chi connectivity index (χ3v) is 4.24. The number of nitrogens with one attached hydrogen (secondary N) is 1. The van der Waals surface area contributed by atoms with E-state index in [0.29, 0.717) is 12.0 Å². The normalized spacial score (nSPS) is 12.2. The smallest absolute Gasteiger partial charge is 0.302 e.